The minimum absolute atomic E-state index is 0.0632. The van der Waals surface area contributed by atoms with Crippen LogP contribution in [0.1, 0.15) is 20.3 Å². The summed E-state index contributed by atoms with van der Waals surface area (Å²) >= 11 is 0. The maximum atomic E-state index is 12.1. The summed E-state index contributed by atoms with van der Waals surface area (Å²) in [6.07, 6.45) is 0.424. The molecular formula is C13H20O4S. The van der Waals surface area contributed by atoms with E-state index in [4.69, 9.17) is 9.47 Å². The highest BCUT2D eigenvalue weighted by Crippen LogP contribution is 2.19. The topological polar surface area (TPSA) is 52.6 Å². The summed E-state index contributed by atoms with van der Waals surface area (Å²) in [6, 6.07) is 8.46. The maximum Gasteiger partial charge on any atom is 0.178 e. The lowest BCUT2D eigenvalue weighted by Crippen LogP contribution is -2.28. The molecule has 1 rings (SSSR count). The monoisotopic (exact) mass is 272 g/mol. The average Bonchev–Trinajstić information content (AvgIpc) is 2.36. The molecule has 0 heterocycles. The van der Waals surface area contributed by atoms with Gasteiger partial charge in [0.1, 0.15) is 6.79 Å². The predicted octanol–water partition coefficient (Wildman–Crippen LogP) is 2.25. The van der Waals surface area contributed by atoms with E-state index in [-0.39, 0.29) is 12.5 Å². The van der Waals surface area contributed by atoms with Crippen molar-refractivity contribution in [3.63, 3.8) is 0 Å². The van der Waals surface area contributed by atoms with Gasteiger partial charge in [0.05, 0.1) is 16.2 Å². The largest absolute Gasteiger partial charge is 0.359 e. The lowest BCUT2D eigenvalue weighted by atomic mass is 10.1. The Bertz CT molecular complexity index is 451. The molecule has 18 heavy (non-hydrogen) atoms. The van der Waals surface area contributed by atoms with Gasteiger partial charge in [-0.25, -0.2) is 8.42 Å². The van der Waals surface area contributed by atoms with E-state index in [0.29, 0.717) is 11.3 Å². The summed E-state index contributed by atoms with van der Waals surface area (Å²) in [5.74, 6) is 0.0632. The van der Waals surface area contributed by atoms with Crippen molar-refractivity contribution in [2.75, 3.05) is 19.7 Å². The zero-order valence-electron chi connectivity index (χ0n) is 11.0. The highest BCUT2D eigenvalue weighted by molar-refractivity contribution is 7.91. The van der Waals surface area contributed by atoms with Crippen LogP contribution in [0, 0.1) is 0 Å². The van der Waals surface area contributed by atoms with Crippen LogP contribution in [0.2, 0.25) is 0 Å². The second-order valence-corrected chi connectivity index (χ2v) is 6.80. The molecule has 1 aromatic carbocycles. The Labute approximate surface area is 109 Å². The van der Waals surface area contributed by atoms with Crippen LogP contribution in [0.4, 0.5) is 0 Å². The molecule has 0 fully saturated rings. The van der Waals surface area contributed by atoms with Crippen LogP contribution in [0.3, 0.4) is 0 Å². The predicted molar refractivity (Wildman–Crippen MR) is 70.2 cm³/mol. The van der Waals surface area contributed by atoms with Gasteiger partial charge in [-0.05, 0) is 32.4 Å². The first-order valence-corrected chi connectivity index (χ1v) is 7.43. The zero-order chi connectivity index (χ0) is 13.6. The molecule has 4 nitrogen and oxygen atoms in total. The van der Waals surface area contributed by atoms with Crippen molar-refractivity contribution < 1.29 is 17.9 Å². The van der Waals surface area contributed by atoms with Gasteiger partial charge in [0.2, 0.25) is 0 Å². The first-order valence-electron chi connectivity index (χ1n) is 5.78. The van der Waals surface area contributed by atoms with Crippen molar-refractivity contribution in [1.29, 1.82) is 0 Å². The van der Waals surface area contributed by atoms with Crippen LogP contribution in [-0.4, -0.2) is 33.7 Å². The standard InChI is InChI=1S/C13H20O4S/c1-13(2,17-11-16-3)9-10-18(14,15)12-7-5-4-6-8-12/h4-8H,9-11H2,1-3H3. The Balaban J connectivity index is 2.63. The van der Waals surface area contributed by atoms with Crippen molar-refractivity contribution in [2.24, 2.45) is 0 Å². The van der Waals surface area contributed by atoms with E-state index in [9.17, 15) is 8.42 Å². The summed E-state index contributed by atoms with van der Waals surface area (Å²) in [5.41, 5.74) is -0.516. The molecule has 0 atom stereocenters. The molecule has 0 bridgehead atoms. The number of methoxy groups -OCH3 is 1. The molecule has 5 heteroatoms. The number of rotatable bonds is 7. The van der Waals surface area contributed by atoms with Crippen molar-refractivity contribution in [1.82, 2.24) is 0 Å². The minimum atomic E-state index is -3.24. The molecule has 0 N–H and O–H groups in total. The third-order valence-electron chi connectivity index (χ3n) is 2.64. The highest BCUT2D eigenvalue weighted by Gasteiger charge is 2.23. The van der Waals surface area contributed by atoms with Gasteiger partial charge in [0.25, 0.3) is 0 Å². The molecule has 0 amide bonds. The quantitative estimate of drug-likeness (QED) is 0.714. The van der Waals surface area contributed by atoms with Gasteiger partial charge in [0.15, 0.2) is 9.84 Å². The zero-order valence-corrected chi connectivity index (χ0v) is 11.9. The second-order valence-electron chi connectivity index (χ2n) is 4.69. The molecule has 0 unspecified atom stereocenters. The van der Waals surface area contributed by atoms with E-state index in [1.807, 2.05) is 13.8 Å². The fourth-order valence-corrected chi connectivity index (χ4v) is 2.98. The fourth-order valence-electron chi connectivity index (χ4n) is 1.42. The van der Waals surface area contributed by atoms with E-state index < -0.39 is 15.4 Å². The smallest absolute Gasteiger partial charge is 0.178 e. The van der Waals surface area contributed by atoms with Crippen molar-refractivity contribution in [2.45, 2.75) is 30.8 Å². The Hall–Kier alpha value is -0.910. The number of hydrogen-bond acceptors (Lipinski definition) is 4. The number of sulfone groups is 1. The van der Waals surface area contributed by atoms with Gasteiger partial charge in [0, 0.05) is 7.11 Å². The molecule has 0 aliphatic heterocycles. The van der Waals surface area contributed by atoms with Gasteiger partial charge in [-0.1, -0.05) is 18.2 Å². The summed E-state index contributed by atoms with van der Waals surface area (Å²) in [6.45, 7) is 3.87. The van der Waals surface area contributed by atoms with Crippen LogP contribution in [-0.2, 0) is 19.3 Å². The van der Waals surface area contributed by atoms with E-state index in [2.05, 4.69) is 0 Å². The van der Waals surface area contributed by atoms with Crippen LogP contribution >= 0.6 is 0 Å². The third-order valence-corrected chi connectivity index (χ3v) is 4.37. The lowest BCUT2D eigenvalue weighted by Gasteiger charge is -2.24. The van der Waals surface area contributed by atoms with E-state index in [0.717, 1.165) is 0 Å². The lowest BCUT2D eigenvalue weighted by molar-refractivity contribution is -0.114. The van der Waals surface area contributed by atoms with E-state index in [1.165, 1.54) is 7.11 Å². The molecule has 0 aliphatic carbocycles. The van der Waals surface area contributed by atoms with Crippen molar-refractivity contribution in [3.05, 3.63) is 30.3 Å². The minimum Gasteiger partial charge on any atom is -0.359 e. The summed E-state index contributed by atoms with van der Waals surface area (Å²) < 4.78 is 34.4. The first-order chi connectivity index (χ1) is 8.37. The highest BCUT2D eigenvalue weighted by atomic mass is 32.2. The Morgan fingerprint density at radius 3 is 2.33 bits per heavy atom. The van der Waals surface area contributed by atoms with Crippen LogP contribution < -0.4 is 0 Å². The molecule has 0 radical (unpaired) electrons. The number of hydrogen-bond donors (Lipinski definition) is 0. The summed E-state index contributed by atoms with van der Waals surface area (Å²) in [7, 11) is -1.70. The maximum absolute atomic E-state index is 12.1. The van der Waals surface area contributed by atoms with Crippen molar-refractivity contribution in [3.8, 4) is 0 Å². The van der Waals surface area contributed by atoms with Crippen LogP contribution in [0.15, 0.2) is 35.2 Å². The molecule has 0 spiro atoms. The summed E-state index contributed by atoms with van der Waals surface area (Å²) in [4.78, 5) is 0.354. The number of benzene rings is 1. The molecule has 0 saturated heterocycles. The van der Waals surface area contributed by atoms with E-state index >= 15 is 0 Å². The second kappa shape index (κ2) is 6.31. The average molecular weight is 272 g/mol. The van der Waals surface area contributed by atoms with Gasteiger partial charge in [-0.15, -0.1) is 0 Å². The SMILES string of the molecule is COCOC(C)(C)CCS(=O)(=O)c1ccccc1. The van der Waals surface area contributed by atoms with Gasteiger partial charge in [-0.3, -0.25) is 0 Å². The molecule has 102 valence electrons. The van der Waals surface area contributed by atoms with Gasteiger partial charge >= 0.3 is 0 Å². The molecule has 0 saturated carbocycles. The molecule has 0 aromatic heterocycles. The molecular weight excluding hydrogens is 252 g/mol. The van der Waals surface area contributed by atoms with Crippen molar-refractivity contribution >= 4 is 9.84 Å². The van der Waals surface area contributed by atoms with Crippen LogP contribution in [0.25, 0.3) is 0 Å². The fraction of sp³-hybridized carbons (Fsp3) is 0.538. The Morgan fingerprint density at radius 1 is 1.17 bits per heavy atom. The Kier molecular flexibility index (Phi) is 5.31. The van der Waals surface area contributed by atoms with Crippen LogP contribution in [0.5, 0.6) is 0 Å². The normalized spacial score (nSPS) is 12.6. The third kappa shape index (κ3) is 4.76. The van der Waals surface area contributed by atoms with Gasteiger partial charge < -0.3 is 9.47 Å². The molecule has 1 aromatic rings. The summed E-state index contributed by atoms with van der Waals surface area (Å²) in [5, 5.41) is 0. The first kappa shape index (κ1) is 15.1. The Morgan fingerprint density at radius 2 is 1.78 bits per heavy atom. The van der Waals surface area contributed by atoms with E-state index in [1.54, 1.807) is 30.3 Å². The number of ether oxygens (including phenoxy) is 2. The molecule has 0 aliphatic rings. The van der Waals surface area contributed by atoms with Gasteiger partial charge in [-0.2, -0.15) is 0 Å².